The number of fused-ring (bicyclic) bond motifs is 8. The van der Waals surface area contributed by atoms with Gasteiger partial charge >= 0.3 is 0 Å². The highest BCUT2D eigenvalue weighted by Gasteiger charge is 2.22. The topological polar surface area (TPSA) is 57.4 Å². The van der Waals surface area contributed by atoms with Crippen molar-refractivity contribution in [3.63, 3.8) is 0 Å². The molecular formula is C40H22N4. The minimum absolute atomic E-state index is 0.351. The number of hydrogen-bond donors (Lipinski definition) is 0. The van der Waals surface area contributed by atoms with E-state index in [2.05, 4.69) is 143 Å². The molecule has 7 aromatic carbocycles. The average Bonchev–Trinajstić information content (AvgIpc) is 3.57. The molecule has 0 radical (unpaired) electrons. The first kappa shape index (κ1) is 24.3. The molecule has 202 valence electrons. The van der Waals surface area contributed by atoms with E-state index in [0.29, 0.717) is 11.1 Å². The van der Waals surface area contributed by atoms with Crippen LogP contribution in [-0.4, -0.2) is 9.13 Å². The summed E-state index contributed by atoms with van der Waals surface area (Å²) in [6.07, 6.45) is 0. The standard InChI is InChI=1S/C40H22N4/c41-23-29-21-39(43-35-15-7-5-13-31(35)33-17-25-9-1-3-11-27(25)19-37(33)43)40(22-30(29)24-42)44-36-16-8-6-14-32(36)34-18-26-10-2-4-12-28(26)20-38(34)44/h1-22H. The molecule has 4 nitrogen and oxygen atoms in total. The van der Waals surface area contributed by atoms with E-state index in [1.54, 1.807) is 0 Å². The van der Waals surface area contributed by atoms with Crippen molar-refractivity contribution >= 4 is 65.2 Å². The molecule has 4 heteroatoms. The van der Waals surface area contributed by atoms with Crippen LogP contribution in [0.3, 0.4) is 0 Å². The number of hydrogen-bond acceptors (Lipinski definition) is 2. The van der Waals surface area contributed by atoms with Gasteiger partial charge in [0.1, 0.15) is 12.1 Å². The van der Waals surface area contributed by atoms with E-state index in [1.165, 1.54) is 10.8 Å². The third-order valence-electron chi connectivity index (χ3n) is 8.92. The second-order valence-electron chi connectivity index (χ2n) is 11.2. The van der Waals surface area contributed by atoms with Crippen LogP contribution in [-0.2, 0) is 0 Å². The Morgan fingerprint density at radius 3 is 1.14 bits per heavy atom. The second kappa shape index (κ2) is 9.07. The molecular weight excluding hydrogens is 536 g/mol. The average molecular weight is 559 g/mol. The first-order chi connectivity index (χ1) is 21.7. The fourth-order valence-corrected chi connectivity index (χ4v) is 6.95. The molecule has 0 unspecified atom stereocenters. The highest BCUT2D eigenvalue weighted by molar-refractivity contribution is 6.15. The van der Waals surface area contributed by atoms with Gasteiger partial charge in [0.25, 0.3) is 0 Å². The lowest BCUT2D eigenvalue weighted by Crippen LogP contribution is -2.05. The quantitative estimate of drug-likeness (QED) is 0.212. The van der Waals surface area contributed by atoms with Crippen molar-refractivity contribution in [2.75, 3.05) is 0 Å². The van der Waals surface area contributed by atoms with Crippen LogP contribution in [0.2, 0.25) is 0 Å². The van der Waals surface area contributed by atoms with Gasteiger partial charge in [-0.2, -0.15) is 10.5 Å². The van der Waals surface area contributed by atoms with Crippen LogP contribution >= 0.6 is 0 Å². The molecule has 0 saturated heterocycles. The molecule has 2 aromatic heterocycles. The maximum absolute atomic E-state index is 10.2. The smallest absolute Gasteiger partial charge is 0.101 e. The Bertz CT molecular complexity index is 2550. The summed E-state index contributed by atoms with van der Waals surface area (Å²) in [5.41, 5.74) is 6.57. The molecule has 0 saturated carbocycles. The lowest BCUT2D eigenvalue weighted by molar-refractivity contribution is 1.09. The second-order valence-corrected chi connectivity index (χ2v) is 11.2. The Morgan fingerprint density at radius 2 is 0.727 bits per heavy atom. The van der Waals surface area contributed by atoms with Gasteiger partial charge in [-0.25, -0.2) is 0 Å². The van der Waals surface area contributed by atoms with Gasteiger partial charge in [0.05, 0.1) is 44.6 Å². The van der Waals surface area contributed by atoms with E-state index in [9.17, 15) is 10.5 Å². The number of aromatic nitrogens is 2. The van der Waals surface area contributed by atoms with Crippen molar-refractivity contribution in [3.8, 4) is 23.5 Å². The SMILES string of the molecule is N#Cc1cc(-n2c3ccccc3c3cc4ccccc4cc32)c(-n2c3ccccc3c3cc4ccccc4cc32)cc1C#N. The normalized spacial score (nSPS) is 11.6. The third-order valence-corrected chi connectivity index (χ3v) is 8.92. The number of benzene rings is 7. The van der Waals surface area contributed by atoms with Crippen LogP contribution in [0.4, 0.5) is 0 Å². The molecule has 0 aliphatic rings. The molecule has 0 amide bonds. The van der Waals surface area contributed by atoms with E-state index in [-0.39, 0.29) is 0 Å². The molecule has 0 fully saturated rings. The Morgan fingerprint density at radius 1 is 0.364 bits per heavy atom. The summed E-state index contributed by atoms with van der Waals surface area (Å²) in [6, 6.07) is 51.0. The van der Waals surface area contributed by atoms with Crippen molar-refractivity contribution in [2.45, 2.75) is 0 Å². The number of nitrogens with zero attached hydrogens (tertiary/aromatic N) is 4. The fraction of sp³-hybridized carbons (Fsp3) is 0. The van der Waals surface area contributed by atoms with Crippen molar-refractivity contribution in [3.05, 3.63) is 145 Å². The number of rotatable bonds is 2. The van der Waals surface area contributed by atoms with Crippen LogP contribution in [0.15, 0.2) is 133 Å². The van der Waals surface area contributed by atoms with Gasteiger partial charge in [0, 0.05) is 21.5 Å². The van der Waals surface area contributed by atoms with E-state index >= 15 is 0 Å². The Labute approximate surface area is 252 Å². The van der Waals surface area contributed by atoms with Crippen molar-refractivity contribution in [1.29, 1.82) is 10.5 Å². The Kier molecular flexibility index (Phi) is 5.00. The van der Waals surface area contributed by atoms with Gasteiger partial charge in [0.15, 0.2) is 0 Å². The summed E-state index contributed by atoms with van der Waals surface area (Å²) in [5.74, 6) is 0. The summed E-state index contributed by atoms with van der Waals surface area (Å²) in [7, 11) is 0. The number of nitriles is 2. The summed E-state index contributed by atoms with van der Waals surface area (Å²) in [4.78, 5) is 0. The van der Waals surface area contributed by atoms with Crippen LogP contribution in [0.1, 0.15) is 11.1 Å². The molecule has 0 aliphatic heterocycles. The molecule has 0 spiro atoms. The molecule has 0 atom stereocenters. The van der Waals surface area contributed by atoms with E-state index < -0.39 is 0 Å². The lowest BCUT2D eigenvalue weighted by atomic mass is 10.0. The van der Waals surface area contributed by atoms with Crippen molar-refractivity contribution in [2.24, 2.45) is 0 Å². The zero-order valence-electron chi connectivity index (χ0n) is 23.5. The molecule has 44 heavy (non-hydrogen) atoms. The van der Waals surface area contributed by atoms with Gasteiger partial charge < -0.3 is 9.13 Å². The van der Waals surface area contributed by atoms with Crippen molar-refractivity contribution < 1.29 is 0 Å². The lowest BCUT2D eigenvalue weighted by Gasteiger charge is -2.18. The van der Waals surface area contributed by atoms with Crippen LogP contribution in [0.25, 0.3) is 76.5 Å². The van der Waals surface area contributed by atoms with Gasteiger partial charge in [-0.15, -0.1) is 0 Å². The molecule has 0 bridgehead atoms. The maximum Gasteiger partial charge on any atom is 0.101 e. The summed E-state index contributed by atoms with van der Waals surface area (Å²) >= 11 is 0. The minimum atomic E-state index is 0.351. The summed E-state index contributed by atoms with van der Waals surface area (Å²) < 4.78 is 4.52. The molecule has 0 aliphatic carbocycles. The summed E-state index contributed by atoms with van der Waals surface area (Å²) in [6.45, 7) is 0. The number of para-hydroxylation sites is 2. The van der Waals surface area contributed by atoms with Crippen LogP contribution in [0, 0.1) is 22.7 Å². The fourth-order valence-electron chi connectivity index (χ4n) is 6.95. The first-order valence-electron chi connectivity index (χ1n) is 14.6. The third kappa shape index (κ3) is 3.31. The summed E-state index contributed by atoms with van der Waals surface area (Å²) in [5, 5.41) is 29.6. The van der Waals surface area contributed by atoms with E-state index in [1.807, 2.05) is 12.1 Å². The van der Waals surface area contributed by atoms with Gasteiger partial charge in [-0.3, -0.25) is 0 Å². The van der Waals surface area contributed by atoms with Gasteiger partial charge in [-0.1, -0.05) is 84.9 Å². The van der Waals surface area contributed by atoms with Crippen LogP contribution in [0.5, 0.6) is 0 Å². The predicted molar refractivity (Wildman–Crippen MR) is 180 cm³/mol. The van der Waals surface area contributed by atoms with E-state index in [4.69, 9.17) is 0 Å². The van der Waals surface area contributed by atoms with Crippen LogP contribution < -0.4 is 0 Å². The highest BCUT2D eigenvalue weighted by atomic mass is 15.1. The maximum atomic E-state index is 10.2. The molecule has 9 aromatic rings. The molecule has 2 heterocycles. The molecule has 0 N–H and O–H groups in total. The van der Waals surface area contributed by atoms with Crippen molar-refractivity contribution in [1.82, 2.24) is 9.13 Å². The Hall–Kier alpha value is -6.36. The zero-order valence-corrected chi connectivity index (χ0v) is 23.5. The highest BCUT2D eigenvalue weighted by Crippen LogP contribution is 2.41. The predicted octanol–water partition coefficient (Wildman–Crippen LogP) is 9.93. The monoisotopic (exact) mass is 558 g/mol. The first-order valence-corrected chi connectivity index (χ1v) is 14.6. The van der Waals surface area contributed by atoms with Gasteiger partial charge in [-0.05, 0) is 70.1 Å². The largest absolute Gasteiger partial charge is 0.307 e. The Balaban J connectivity index is 1.50. The zero-order chi connectivity index (χ0) is 29.4. The minimum Gasteiger partial charge on any atom is -0.307 e. The van der Waals surface area contributed by atoms with Gasteiger partial charge in [0.2, 0.25) is 0 Å². The molecule has 9 rings (SSSR count). The van der Waals surface area contributed by atoms with E-state index in [0.717, 1.165) is 65.8 Å².